The van der Waals surface area contributed by atoms with Gasteiger partial charge in [0.1, 0.15) is 5.75 Å². The highest BCUT2D eigenvalue weighted by Crippen LogP contribution is 2.26. The number of aryl methyl sites for hydroxylation is 1. The van der Waals surface area contributed by atoms with Crippen LogP contribution >= 0.6 is 0 Å². The van der Waals surface area contributed by atoms with Gasteiger partial charge in [-0.3, -0.25) is 4.79 Å². The zero-order valence-electron chi connectivity index (χ0n) is 16.0. The Morgan fingerprint density at radius 1 is 1.00 bits per heavy atom. The van der Waals surface area contributed by atoms with Crippen LogP contribution in [-0.2, 0) is 6.42 Å². The average molecular weight is 367 g/mol. The van der Waals surface area contributed by atoms with Crippen LogP contribution in [0.15, 0.2) is 54.6 Å². The number of ketones is 1. The number of rotatable bonds is 3. The Morgan fingerprint density at radius 2 is 1.67 bits per heavy atom. The highest BCUT2D eigenvalue weighted by molar-refractivity contribution is 6.00. The van der Waals surface area contributed by atoms with E-state index in [9.17, 15) is 9.90 Å². The number of fused-ring (bicyclic) bond motifs is 1. The van der Waals surface area contributed by atoms with Gasteiger partial charge in [-0.05, 0) is 43.4 Å². The molecule has 0 saturated carbocycles. The van der Waals surface area contributed by atoms with Crippen molar-refractivity contribution in [3.63, 3.8) is 0 Å². The second-order valence-electron chi connectivity index (χ2n) is 7.31. The molecule has 27 heavy (non-hydrogen) atoms. The zero-order chi connectivity index (χ0) is 19.1. The SMILES string of the molecule is COc1ccccc1.O=C1c2ccccc2CCC1CN1CCC(O)CC1. The number of nitrogens with zero attached hydrogens (tertiary/aromatic N) is 1. The zero-order valence-corrected chi connectivity index (χ0v) is 16.0. The van der Waals surface area contributed by atoms with Gasteiger partial charge in [-0.1, -0.05) is 42.5 Å². The van der Waals surface area contributed by atoms with Crippen LogP contribution in [0, 0.1) is 5.92 Å². The van der Waals surface area contributed by atoms with E-state index in [1.54, 1.807) is 7.11 Å². The molecule has 144 valence electrons. The van der Waals surface area contributed by atoms with E-state index in [-0.39, 0.29) is 12.0 Å². The van der Waals surface area contributed by atoms with Crippen LogP contribution in [0.3, 0.4) is 0 Å². The number of likely N-dealkylation sites (tertiary alicyclic amines) is 1. The first kappa shape index (κ1) is 19.6. The van der Waals surface area contributed by atoms with E-state index < -0.39 is 0 Å². The van der Waals surface area contributed by atoms with Gasteiger partial charge in [0.25, 0.3) is 0 Å². The second kappa shape index (κ2) is 9.67. The van der Waals surface area contributed by atoms with Crippen LogP contribution < -0.4 is 4.74 Å². The number of aliphatic hydroxyl groups is 1. The summed E-state index contributed by atoms with van der Waals surface area (Å²) in [7, 11) is 1.66. The van der Waals surface area contributed by atoms with E-state index in [1.165, 1.54) is 5.56 Å². The first-order valence-corrected chi connectivity index (χ1v) is 9.79. The maximum absolute atomic E-state index is 12.5. The minimum atomic E-state index is -0.140. The molecule has 1 unspecified atom stereocenters. The summed E-state index contributed by atoms with van der Waals surface area (Å²) in [4.78, 5) is 14.8. The molecule has 4 rings (SSSR count). The third-order valence-corrected chi connectivity index (χ3v) is 5.43. The Morgan fingerprint density at radius 3 is 2.33 bits per heavy atom. The van der Waals surface area contributed by atoms with Gasteiger partial charge < -0.3 is 14.7 Å². The standard InChI is InChI=1S/C16H21NO2.C7H8O/c18-14-7-9-17(10-8-14)11-13-6-5-12-3-1-2-4-15(12)16(13)19;1-8-7-5-3-2-4-6-7/h1-4,13-14,18H,5-11H2;2-6H,1H3. The van der Waals surface area contributed by atoms with Crippen molar-refractivity contribution >= 4 is 5.78 Å². The van der Waals surface area contributed by atoms with Gasteiger partial charge in [-0.2, -0.15) is 0 Å². The van der Waals surface area contributed by atoms with Crippen LogP contribution in [0.4, 0.5) is 0 Å². The Hall–Kier alpha value is -2.17. The number of piperidine rings is 1. The van der Waals surface area contributed by atoms with Gasteiger partial charge in [-0.15, -0.1) is 0 Å². The lowest BCUT2D eigenvalue weighted by molar-refractivity contribution is 0.0659. The maximum Gasteiger partial charge on any atom is 0.167 e. The van der Waals surface area contributed by atoms with Crippen molar-refractivity contribution in [2.24, 2.45) is 5.92 Å². The van der Waals surface area contributed by atoms with Crippen LogP contribution in [0.2, 0.25) is 0 Å². The largest absolute Gasteiger partial charge is 0.497 e. The minimum absolute atomic E-state index is 0.140. The predicted octanol–water partition coefficient (Wildman–Crippen LogP) is 3.58. The molecule has 4 heteroatoms. The van der Waals surface area contributed by atoms with Gasteiger partial charge >= 0.3 is 0 Å². The lowest BCUT2D eigenvalue weighted by atomic mass is 9.82. The molecular formula is C23H29NO3. The van der Waals surface area contributed by atoms with Crippen LogP contribution in [0.5, 0.6) is 5.75 Å². The number of aliphatic hydroxyl groups excluding tert-OH is 1. The average Bonchev–Trinajstić information content (AvgIpc) is 2.73. The molecule has 1 aliphatic heterocycles. The summed E-state index contributed by atoms with van der Waals surface area (Å²) >= 11 is 0. The molecule has 0 aromatic heterocycles. The van der Waals surface area contributed by atoms with Gasteiger partial charge in [0.2, 0.25) is 0 Å². The molecule has 0 radical (unpaired) electrons. The monoisotopic (exact) mass is 367 g/mol. The van der Waals surface area contributed by atoms with Gasteiger partial charge in [-0.25, -0.2) is 0 Å². The number of hydrogen-bond donors (Lipinski definition) is 1. The highest BCUT2D eigenvalue weighted by Gasteiger charge is 2.29. The van der Waals surface area contributed by atoms with E-state index in [0.29, 0.717) is 5.78 Å². The fraction of sp³-hybridized carbons (Fsp3) is 0.435. The van der Waals surface area contributed by atoms with Crippen molar-refractivity contribution in [1.82, 2.24) is 4.90 Å². The van der Waals surface area contributed by atoms with E-state index in [0.717, 1.165) is 56.6 Å². The van der Waals surface area contributed by atoms with E-state index >= 15 is 0 Å². The number of ether oxygens (including phenoxy) is 1. The fourth-order valence-electron chi connectivity index (χ4n) is 3.80. The highest BCUT2D eigenvalue weighted by atomic mass is 16.5. The number of benzene rings is 2. The number of methoxy groups -OCH3 is 1. The lowest BCUT2D eigenvalue weighted by Gasteiger charge is -2.33. The summed E-state index contributed by atoms with van der Waals surface area (Å²) in [6, 6.07) is 17.7. The van der Waals surface area contributed by atoms with Crippen molar-refractivity contribution in [3.8, 4) is 5.75 Å². The Kier molecular flexibility index (Phi) is 7.02. The van der Waals surface area contributed by atoms with Crippen molar-refractivity contribution < 1.29 is 14.6 Å². The smallest absolute Gasteiger partial charge is 0.167 e. The Bertz CT molecular complexity index is 723. The normalized spacial score (nSPS) is 20.4. The van der Waals surface area contributed by atoms with Gasteiger partial charge in [0.15, 0.2) is 5.78 Å². The number of Topliss-reactive ketones (excluding diaryl/α,β-unsaturated/α-hetero) is 1. The van der Waals surface area contributed by atoms with E-state index in [1.807, 2.05) is 48.5 Å². The molecule has 0 amide bonds. The lowest BCUT2D eigenvalue weighted by Crippen LogP contribution is -2.41. The summed E-state index contributed by atoms with van der Waals surface area (Å²) in [5.74, 6) is 1.37. The number of hydrogen-bond acceptors (Lipinski definition) is 4. The third-order valence-electron chi connectivity index (χ3n) is 5.43. The maximum atomic E-state index is 12.5. The second-order valence-corrected chi connectivity index (χ2v) is 7.31. The summed E-state index contributed by atoms with van der Waals surface area (Å²) in [5, 5.41) is 9.52. The molecule has 2 aromatic rings. The predicted molar refractivity (Wildman–Crippen MR) is 107 cm³/mol. The topological polar surface area (TPSA) is 49.8 Å². The molecule has 1 fully saturated rings. The first-order valence-electron chi connectivity index (χ1n) is 9.79. The molecule has 1 heterocycles. The van der Waals surface area contributed by atoms with Crippen molar-refractivity contribution in [2.45, 2.75) is 31.8 Å². The van der Waals surface area contributed by atoms with Crippen LogP contribution in [0.25, 0.3) is 0 Å². The third kappa shape index (κ3) is 5.41. The van der Waals surface area contributed by atoms with E-state index in [2.05, 4.69) is 11.0 Å². The van der Waals surface area contributed by atoms with Crippen molar-refractivity contribution in [1.29, 1.82) is 0 Å². The Balaban J connectivity index is 0.000000221. The Labute approximate surface area is 161 Å². The molecule has 0 bridgehead atoms. The molecule has 1 atom stereocenters. The summed E-state index contributed by atoms with van der Waals surface area (Å²) in [6.45, 7) is 2.71. The minimum Gasteiger partial charge on any atom is -0.497 e. The van der Waals surface area contributed by atoms with Crippen molar-refractivity contribution in [3.05, 3.63) is 65.7 Å². The molecular weight excluding hydrogens is 338 g/mol. The number of carbonyl (C=O) groups is 1. The first-order chi connectivity index (χ1) is 13.2. The van der Waals surface area contributed by atoms with Crippen LogP contribution in [-0.4, -0.2) is 48.6 Å². The van der Waals surface area contributed by atoms with Gasteiger partial charge in [0.05, 0.1) is 13.2 Å². The number of para-hydroxylation sites is 1. The molecule has 1 N–H and O–H groups in total. The summed E-state index contributed by atoms with van der Waals surface area (Å²) < 4.78 is 4.91. The van der Waals surface area contributed by atoms with Crippen molar-refractivity contribution in [2.75, 3.05) is 26.7 Å². The summed E-state index contributed by atoms with van der Waals surface area (Å²) in [6.07, 6.45) is 3.53. The molecule has 1 saturated heterocycles. The quantitative estimate of drug-likeness (QED) is 0.901. The van der Waals surface area contributed by atoms with Gasteiger partial charge in [0, 0.05) is 31.1 Å². The molecule has 0 spiro atoms. The fourth-order valence-corrected chi connectivity index (χ4v) is 3.80. The molecule has 2 aromatic carbocycles. The number of carbonyl (C=O) groups excluding carboxylic acids is 1. The van der Waals surface area contributed by atoms with Crippen LogP contribution in [0.1, 0.15) is 35.2 Å². The molecule has 1 aliphatic carbocycles. The molecule has 2 aliphatic rings. The summed E-state index contributed by atoms with van der Waals surface area (Å²) in [5.41, 5.74) is 2.13. The van der Waals surface area contributed by atoms with E-state index in [4.69, 9.17) is 4.74 Å². The molecule has 4 nitrogen and oxygen atoms in total.